The number of nitrogens with zero attached hydrogens (tertiary/aromatic N) is 2. The largest absolute Gasteiger partial charge is 0.366 e. The molecule has 3 rings (SSSR count). The summed E-state index contributed by atoms with van der Waals surface area (Å²) in [5.41, 5.74) is 7.29. The van der Waals surface area contributed by atoms with E-state index < -0.39 is 0 Å². The number of carbonyl (C=O) groups excluding carboxylic acids is 1. The highest BCUT2D eigenvalue weighted by Crippen LogP contribution is 2.01. The predicted molar refractivity (Wildman–Crippen MR) is 68.8 cm³/mol. The van der Waals surface area contributed by atoms with Crippen molar-refractivity contribution in [3.05, 3.63) is 60.6 Å². The lowest BCUT2D eigenvalue weighted by atomic mass is 10.2. The number of rotatable bonds is 1. The van der Waals surface area contributed by atoms with Gasteiger partial charge in [-0.05, 0) is 24.3 Å². The summed E-state index contributed by atoms with van der Waals surface area (Å²) in [4.78, 5) is 21.3. The van der Waals surface area contributed by atoms with E-state index in [4.69, 9.17) is 5.73 Å². The van der Waals surface area contributed by atoms with Crippen molar-refractivity contribution in [2.75, 3.05) is 0 Å². The minimum Gasteiger partial charge on any atom is -0.366 e. The van der Waals surface area contributed by atoms with Crippen LogP contribution in [-0.2, 0) is 0 Å². The molecule has 0 bridgehead atoms. The lowest BCUT2D eigenvalue weighted by molar-refractivity contribution is 0.100. The molecule has 1 aromatic carbocycles. The van der Waals surface area contributed by atoms with Gasteiger partial charge in [-0.25, -0.2) is 9.97 Å². The van der Waals surface area contributed by atoms with Crippen LogP contribution in [0, 0.1) is 0 Å². The molecular weight excluding hydrogens is 228 g/mol. The number of carbonyl (C=O) groups is 1. The first kappa shape index (κ1) is 11.8. The monoisotopic (exact) mass is 240 g/mol. The molecule has 0 saturated heterocycles. The topological polar surface area (TPSA) is 84.7 Å². The molecule has 0 unspecified atom stereocenters. The molecule has 0 aliphatic rings. The van der Waals surface area contributed by atoms with Crippen LogP contribution in [0.3, 0.4) is 0 Å². The standard InChI is InChI=1S/C7H7NO.C6H5N3/c8-7(9)6-4-2-1-3-5-6;1-2-5-6(7-3-1)9-4-8-5/h1-5H,(H2,8,9);1-4H,(H,7,8,9). The zero-order valence-corrected chi connectivity index (χ0v) is 9.58. The van der Waals surface area contributed by atoms with E-state index in [-0.39, 0.29) is 5.91 Å². The van der Waals surface area contributed by atoms with E-state index in [1.807, 2.05) is 18.2 Å². The second kappa shape index (κ2) is 5.58. The minimum absolute atomic E-state index is 0.379. The summed E-state index contributed by atoms with van der Waals surface area (Å²) in [7, 11) is 0. The van der Waals surface area contributed by atoms with Crippen molar-refractivity contribution in [1.82, 2.24) is 15.0 Å². The summed E-state index contributed by atoms with van der Waals surface area (Å²) in [6, 6.07) is 12.6. The fourth-order valence-electron chi connectivity index (χ4n) is 1.38. The molecule has 0 fully saturated rings. The van der Waals surface area contributed by atoms with Crippen molar-refractivity contribution in [2.24, 2.45) is 5.73 Å². The number of hydrogen-bond acceptors (Lipinski definition) is 3. The SMILES string of the molecule is NC(=O)c1ccccc1.c1cnc2nc[nH]c2c1. The molecule has 18 heavy (non-hydrogen) atoms. The average Bonchev–Trinajstić information content (AvgIpc) is 2.89. The Morgan fingerprint density at radius 2 is 1.83 bits per heavy atom. The van der Waals surface area contributed by atoms with E-state index in [1.54, 1.807) is 36.8 Å². The lowest BCUT2D eigenvalue weighted by Gasteiger charge is -1.89. The smallest absolute Gasteiger partial charge is 0.248 e. The Morgan fingerprint density at radius 1 is 1.06 bits per heavy atom. The maximum atomic E-state index is 10.4. The van der Waals surface area contributed by atoms with Crippen molar-refractivity contribution in [2.45, 2.75) is 0 Å². The first-order chi connectivity index (χ1) is 8.77. The number of nitrogens with one attached hydrogen (secondary N) is 1. The van der Waals surface area contributed by atoms with Gasteiger partial charge in [0.2, 0.25) is 5.91 Å². The van der Waals surface area contributed by atoms with E-state index in [0.717, 1.165) is 11.2 Å². The van der Waals surface area contributed by atoms with Crippen LogP contribution < -0.4 is 5.73 Å². The number of benzene rings is 1. The first-order valence-corrected chi connectivity index (χ1v) is 5.36. The van der Waals surface area contributed by atoms with Gasteiger partial charge in [-0.3, -0.25) is 4.79 Å². The summed E-state index contributed by atoms with van der Waals surface area (Å²) in [6.45, 7) is 0. The van der Waals surface area contributed by atoms with Gasteiger partial charge in [-0.1, -0.05) is 18.2 Å². The fourth-order valence-corrected chi connectivity index (χ4v) is 1.38. The molecule has 3 aromatic rings. The van der Waals surface area contributed by atoms with E-state index >= 15 is 0 Å². The first-order valence-electron chi connectivity index (χ1n) is 5.36. The average molecular weight is 240 g/mol. The zero-order valence-electron chi connectivity index (χ0n) is 9.58. The van der Waals surface area contributed by atoms with Crippen molar-refractivity contribution in [1.29, 1.82) is 0 Å². The molecule has 2 aromatic heterocycles. The normalized spacial score (nSPS) is 9.56. The van der Waals surface area contributed by atoms with Crippen molar-refractivity contribution in [3.63, 3.8) is 0 Å². The summed E-state index contributed by atoms with van der Waals surface area (Å²) in [5, 5.41) is 0. The van der Waals surface area contributed by atoms with Crippen LogP contribution in [0.1, 0.15) is 10.4 Å². The number of pyridine rings is 1. The summed E-state index contributed by atoms with van der Waals surface area (Å²) < 4.78 is 0. The van der Waals surface area contributed by atoms with Gasteiger partial charge >= 0.3 is 0 Å². The van der Waals surface area contributed by atoms with Gasteiger partial charge in [0.1, 0.15) is 0 Å². The van der Waals surface area contributed by atoms with Crippen LogP contribution in [-0.4, -0.2) is 20.9 Å². The van der Waals surface area contributed by atoms with Gasteiger partial charge in [-0.2, -0.15) is 0 Å². The molecule has 90 valence electrons. The Hall–Kier alpha value is -2.69. The Balaban J connectivity index is 0.000000134. The molecule has 0 atom stereocenters. The van der Waals surface area contributed by atoms with Crippen LogP contribution in [0.25, 0.3) is 11.2 Å². The van der Waals surface area contributed by atoms with Crippen LogP contribution in [0.2, 0.25) is 0 Å². The number of amides is 1. The van der Waals surface area contributed by atoms with E-state index in [2.05, 4.69) is 15.0 Å². The van der Waals surface area contributed by atoms with Crippen molar-refractivity contribution < 1.29 is 4.79 Å². The Kier molecular flexibility index (Phi) is 3.66. The highest BCUT2D eigenvalue weighted by Gasteiger charge is 1.93. The van der Waals surface area contributed by atoms with Gasteiger partial charge in [-0.15, -0.1) is 0 Å². The predicted octanol–water partition coefficient (Wildman–Crippen LogP) is 1.74. The molecule has 1 amide bonds. The van der Waals surface area contributed by atoms with Crippen LogP contribution >= 0.6 is 0 Å². The zero-order chi connectivity index (χ0) is 12.8. The Bertz CT molecular complexity index is 603. The maximum Gasteiger partial charge on any atom is 0.248 e. The maximum absolute atomic E-state index is 10.4. The summed E-state index contributed by atoms with van der Waals surface area (Å²) >= 11 is 0. The molecule has 5 heteroatoms. The van der Waals surface area contributed by atoms with Gasteiger partial charge in [0, 0.05) is 11.8 Å². The highest BCUT2D eigenvalue weighted by molar-refractivity contribution is 5.92. The third-order valence-corrected chi connectivity index (χ3v) is 2.25. The molecule has 0 saturated carbocycles. The summed E-state index contributed by atoms with van der Waals surface area (Å²) in [5.74, 6) is -0.379. The van der Waals surface area contributed by atoms with Crippen LogP contribution in [0.15, 0.2) is 55.0 Å². The van der Waals surface area contributed by atoms with Gasteiger partial charge in [0.25, 0.3) is 0 Å². The molecule has 2 heterocycles. The Morgan fingerprint density at radius 3 is 2.44 bits per heavy atom. The van der Waals surface area contributed by atoms with Gasteiger partial charge < -0.3 is 10.7 Å². The van der Waals surface area contributed by atoms with Gasteiger partial charge in [0.05, 0.1) is 11.8 Å². The number of imidazole rings is 1. The molecule has 5 nitrogen and oxygen atoms in total. The lowest BCUT2D eigenvalue weighted by Crippen LogP contribution is -2.09. The molecular formula is C13H12N4O. The Labute approximate surface area is 104 Å². The third kappa shape index (κ3) is 2.91. The van der Waals surface area contributed by atoms with Crippen molar-refractivity contribution in [3.8, 4) is 0 Å². The quantitative estimate of drug-likeness (QED) is 0.679. The molecule has 3 N–H and O–H groups in total. The second-order valence-electron chi connectivity index (χ2n) is 3.51. The number of aromatic amines is 1. The third-order valence-electron chi connectivity index (χ3n) is 2.25. The van der Waals surface area contributed by atoms with Crippen LogP contribution in [0.5, 0.6) is 0 Å². The number of hydrogen-bond donors (Lipinski definition) is 2. The van der Waals surface area contributed by atoms with Gasteiger partial charge in [0.15, 0.2) is 5.65 Å². The van der Waals surface area contributed by atoms with Crippen molar-refractivity contribution >= 4 is 17.1 Å². The number of aromatic nitrogens is 3. The number of H-pyrrole nitrogens is 1. The summed E-state index contributed by atoms with van der Waals surface area (Å²) in [6.07, 6.45) is 3.36. The molecule has 0 aliphatic heterocycles. The van der Waals surface area contributed by atoms with Crippen LogP contribution in [0.4, 0.5) is 0 Å². The molecule has 0 radical (unpaired) electrons. The second-order valence-corrected chi connectivity index (χ2v) is 3.51. The highest BCUT2D eigenvalue weighted by atomic mass is 16.1. The number of primary amides is 1. The van der Waals surface area contributed by atoms with E-state index in [0.29, 0.717) is 5.56 Å². The molecule has 0 spiro atoms. The molecule has 0 aliphatic carbocycles. The fraction of sp³-hybridized carbons (Fsp3) is 0. The number of nitrogens with two attached hydrogens (primary N) is 1. The van der Waals surface area contributed by atoms with E-state index in [1.165, 1.54) is 0 Å². The minimum atomic E-state index is -0.379. The van der Waals surface area contributed by atoms with E-state index in [9.17, 15) is 4.79 Å². The number of fused-ring (bicyclic) bond motifs is 1.